The van der Waals surface area contributed by atoms with E-state index < -0.39 is 5.60 Å². The molecule has 1 N–H and O–H groups in total. The van der Waals surface area contributed by atoms with Crippen LogP contribution in [0.5, 0.6) is 11.5 Å². The first-order valence-corrected chi connectivity index (χ1v) is 5.94. The van der Waals surface area contributed by atoms with Crippen LogP contribution in [0.2, 0.25) is 0 Å². The Bertz CT molecular complexity index is 434. The second-order valence-corrected chi connectivity index (χ2v) is 4.95. The summed E-state index contributed by atoms with van der Waals surface area (Å²) in [5.74, 6) is 1.54. The van der Waals surface area contributed by atoms with Crippen LogP contribution in [0.15, 0.2) is 6.07 Å². The van der Waals surface area contributed by atoms with Crippen LogP contribution in [0.4, 0.5) is 0 Å². The largest absolute Gasteiger partial charge is 0.493 e. The van der Waals surface area contributed by atoms with Crippen molar-refractivity contribution in [2.24, 2.45) is 0 Å². The van der Waals surface area contributed by atoms with Gasteiger partial charge in [0, 0.05) is 12.0 Å². The smallest absolute Gasteiger partial charge is 0.164 e. The molecule has 0 radical (unpaired) electrons. The van der Waals surface area contributed by atoms with Crippen molar-refractivity contribution in [3.05, 3.63) is 22.8 Å². The molecule has 1 aromatic carbocycles. The van der Waals surface area contributed by atoms with Crippen LogP contribution in [-0.4, -0.2) is 24.9 Å². The molecular weight excluding hydrogens is 216 g/mol. The van der Waals surface area contributed by atoms with Gasteiger partial charge in [-0.3, -0.25) is 0 Å². The van der Waals surface area contributed by atoms with Gasteiger partial charge in [0.15, 0.2) is 11.5 Å². The Balaban J connectivity index is 2.46. The standard InChI is InChI=1S/C14H20O3/c1-9-7-11(8-14(15)5-6-14)13(17-4)12(16-3)10(9)2/h7,15H,5-6,8H2,1-4H3. The van der Waals surface area contributed by atoms with Crippen molar-refractivity contribution in [1.29, 1.82) is 0 Å². The normalized spacial score (nSPS) is 16.8. The summed E-state index contributed by atoms with van der Waals surface area (Å²) in [7, 11) is 3.30. The molecular formula is C14H20O3. The summed E-state index contributed by atoms with van der Waals surface area (Å²) < 4.78 is 10.9. The van der Waals surface area contributed by atoms with Gasteiger partial charge in [-0.05, 0) is 37.8 Å². The SMILES string of the molecule is COc1c(CC2(O)CC2)cc(C)c(C)c1OC. The van der Waals surface area contributed by atoms with Gasteiger partial charge in [0.05, 0.1) is 19.8 Å². The molecule has 0 spiro atoms. The zero-order valence-corrected chi connectivity index (χ0v) is 11.0. The van der Waals surface area contributed by atoms with Gasteiger partial charge in [-0.2, -0.15) is 0 Å². The maximum Gasteiger partial charge on any atom is 0.164 e. The zero-order valence-electron chi connectivity index (χ0n) is 11.0. The third-order valence-corrected chi connectivity index (χ3v) is 3.58. The molecule has 3 nitrogen and oxygen atoms in total. The minimum Gasteiger partial charge on any atom is -0.493 e. The van der Waals surface area contributed by atoms with Crippen molar-refractivity contribution < 1.29 is 14.6 Å². The highest BCUT2D eigenvalue weighted by molar-refractivity contribution is 5.55. The molecule has 1 aliphatic carbocycles. The van der Waals surface area contributed by atoms with Gasteiger partial charge in [0.2, 0.25) is 0 Å². The topological polar surface area (TPSA) is 38.7 Å². The Morgan fingerprint density at radius 3 is 2.24 bits per heavy atom. The molecule has 0 amide bonds. The van der Waals surface area contributed by atoms with E-state index in [2.05, 4.69) is 13.0 Å². The number of aliphatic hydroxyl groups is 1. The Morgan fingerprint density at radius 1 is 1.18 bits per heavy atom. The predicted octanol–water partition coefficient (Wildman–Crippen LogP) is 2.39. The lowest BCUT2D eigenvalue weighted by molar-refractivity contribution is 0.149. The van der Waals surface area contributed by atoms with E-state index in [0.717, 1.165) is 35.5 Å². The van der Waals surface area contributed by atoms with Crippen molar-refractivity contribution in [1.82, 2.24) is 0 Å². The second-order valence-electron chi connectivity index (χ2n) is 4.95. The monoisotopic (exact) mass is 236 g/mol. The fourth-order valence-electron chi connectivity index (χ4n) is 2.21. The molecule has 1 aliphatic rings. The van der Waals surface area contributed by atoms with Crippen LogP contribution in [-0.2, 0) is 6.42 Å². The summed E-state index contributed by atoms with van der Waals surface area (Å²) in [6.45, 7) is 4.07. The molecule has 1 saturated carbocycles. The average Bonchev–Trinajstić information content (AvgIpc) is 3.00. The highest BCUT2D eigenvalue weighted by Gasteiger charge is 2.41. The van der Waals surface area contributed by atoms with E-state index in [1.807, 2.05) is 6.92 Å². The third kappa shape index (κ3) is 2.25. The fourth-order valence-corrected chi connectivity index (χ4v) is 2.21. The van der Waals surface area contributed by atoms with Crippen LogP contribution >= 0.6 is 0 Å². The molecule has 0 heterocycles. The molecule has 0 atom stereocenters. The highest BCUT2D eigenvalue weighted by atomic mass is 16.5. The molecule has 0 aromatic heterocycles. The summed E-state index contributed by atoms with van der Waals surface area (Å²) in [5.41, 5.74) is 2.78. The van der Waals surface area contributed by atoms with Crippen LogP contribution in [0.25, 0.3) is 0 Å². The first-order chi connectivity index (χ1) is 8.00. The lowest BCUT2D eigenvalue weighted by Gasteiger charge is -2.18. The van der Waals surface area contributed by atoms with Gasteiger partial charge in [-0.25, -0.2) is 0 Å². The number of hydrogen-bond donors (Lipinski definition) is 1. The van der Waals surface area contributed by atoms with Gasteiger partial charge < -0.3 is 14.6 Å². The summed E-state index contributed by atoms with van der Waals surface area (Å²) in [4.78, 5) is 0. The Labute approximate surface area is 102 Å². The Morgan fingerprint density at radius 2 is 1.76 bits per heavy atom. The number of ether oxygens (including phenoxy) is 2. The first kappa shape index (κ1) is 12.2. The summed E-state index contributed by atoms with van der Waals surface area (Å²) in [6, 6.07) is 2.09. The van der Waals surface area contributed by atoms with E-state index in [9.17, 15) is 5.11 Å². The van der Waals surface area contributed by atoms with E-state index in [4.69, 9.17) is 9.47 Å². The second kappa shape index (κ2) is 4.22. The van der Waals surface area contributed by atoms with E-state index in [-0.39, 0.29) is 0 Å². The maximum atomic E-state index is 10.0. The lowest BCUT2D eigenvalue weighted by Crippen LogP contribution is -2.12. The summed E-state index contributed by atoms with van der Waals surface area (Å²) in [6.07, 6.45) is 2.41. The summed E-state index contributed by atoms with van der Waals surface area (Å²) in [5, 5.41) is 10.0. The molecule has 0 bridgehead atoms. The number of hydrogen-bond acceptors (Lipinski definition) is 3. The molecule has 0 aliphatic heterocycles. The molecule has 94 valence electrons. The van der Waals surface area contributed by atoms with Gasteiger partial charge in [-0.1, -0.05) is 6.07 Å². The van der Waals surface area contributed by atoms with Gasteiger partial charge in [-0.15, -0.1) is 0 Å². The minimum absolute atomic E-state index is 0.514. The number of benzene rings is 1. The number of methoxy groups -OCH3 is 2. The lowest BCUT2D eigenvalue weighted by atomic mass is 9.98. The molecule has 17 heavy (non-hydrogen) atoms. The van der Waals surface area contributed by atoms with E-state index in [0.29, 0.717) is 6.42 Å². The molecule has 2 rings (SSSR count). The predicted molar refractivity (Wildman–Crippen MR) is 66.9 cm³/mol. The molecule has 3 heteroatoms. The zero-order chi connectivity index (χ0) is 12.6. The Hall–Kier alpha value is -1.22. The maximum absolute atomic E-state index is 10.0. The number of rotatable bonds is 4. The van der Waals surface area contributed by atoms with Crippen molar-refractivity contribution in [2.45, 2.75) is 38.7 Å². The van der Waals surface area contributed by atoms with Crippen LogP contribution < -0.4 is 9.47 Å². The van der Waals surface area contributed by atoms with E-state index >= 15 is 0 Å². The van der Waals surface area contributed by atoms with Crippen molar-refractivity contribution in [3.63, 3.8) is 0 Å². The fraction of sp³-hybridized carbons (Fsp3) is 0.571. The first-order valence-electron chi connectivity index (χ1n) is 5.94. The highest BCUT2D eigenvalue weighted by Crippen LogP contribution is 2.43. The van der Waals surface area contributed by atoms with Crippen molar-refractivity contribution >= 4 is 0 Å². The molecule has 1 aromatic rings. The van der Waals surface area contributed by atoms with E-state index in [1.165, 1.54) is 5.56 Å². The quantitative estimate of drug-likeness (QED) is 0.872. The Kier molecular flexibility index (Phi) is 3.04. The summed E-state index contributed by atoms with van der Waals surface area (Å²) >= 11 is 0. The molecule has 1 fully saturated rings. The minimum atomic E-state index is -0.514. The van der Waals surface area contributed by atoms with Crippen molar-refractivity contribution in [2.75, 3.05) is 14.2 Å². The van der Waals surface area contributed by atoms with Gasteiger partial charge in [0.1, 0.15) is 0 Å². The third-order valence-electron chi connectivity index (χ3n) is 3.58. The average molecular weight is 236 g/mol. The van der Waals surface area contributed by atoms with Crippen LogP contribution in [0, 0.1) is 13.8 Å². The van der Waals surface area contributed by atoms with Gasteiger partial charge in [0.25, 0.3) is 0 Å². The molecule has 0 saturated heterocycles. The van der Waals surface area contributed by atoms with E-state index in [1.54, 1.807) is 14.2 Å². The molecule has 0 unspecified atom stereocenters. The van der Waals surface area contributed by atoms with Crippen molar-refractivity contribution in [3.8, 4) is 11.5 Å². The van der Waals surface area contributed by atoms with Gasteiger partial charge >= 0.3 is 0 Å². The van der Waals surface area contributed by atoms with Crippen LogP contribution in [0.1, 0.15) is 29.5 Å². The van der Waals surface area contributed by atoms with Crippen LogP contribution in [0.3, 0.4) is 0 Å². The number of aryl methyl sites for hydroxylation is 1.